The van der Waals surface area contributed by atoms with Gasteiger partial charge in [0.05, 0.1) is 53.3 Å². The Morgan fingerprint density at radius 1 is 1.12 bits per heavy atom. The molecule has 4 aromatic rings. The lowest BCUT2D eigenvalue weighted by Crippen LogP contribution is -2.40. The molecule has 0 fully saturated rings. The lowest BCUT2D eigenvalue weighted by molar-refractivity contribution is -0.384. The van der Waals surface area contributed by atoms with Gasteiger partial charge in [-0.15, -0.1) is 0 Å². The van der Waals surface area contributed by atoms with Gasteiger partial charge in [0.1, 0.15) is 0 Å². The normalized spacial score (nSPS) is 14.8. The molecule has 41 heavy (non-hydrogen) atoms. The van der Waals surface area contributed by atoms with E-state index in [1.165, 1.54) is 42.3 Å². The van der Waals surface area contributed by atoms with Crippen LogP contribution in [0.5, 0.6) is 11.5 Å². The minimum absolute atomic E-state index is 0.0431. The minimum Gasteiger partial charge on any atom is -0.493 e. The van der Waals surface area contributed by atoms with Gasteiger partial charge in [0, 0.05) is 24.0 Å². The molecule has 1 atom stereocenters. The fraction of sp³-hybridized carbons (Fsp3) is 0.207. The molecule has 0 aliphatic carbocycles. The van der Waals surface area contributed by atoms with E-state index in [2.05, 4.69) is 4.99 Å². The molecule has 0 amide bonds. The lowest BCUT2D eigenvalue weighted by Gasteiger charge is -2.25. The van der Waals surface area contributed by atoms with Crippen molar-refractivity contribution < 1.29 is 23.9 Å². The topological polar surface area (TPSA) is 127 Å². The Hall–Kier alpha value is -4.97. The summed E-state index contributed by atoms with van der Waals surface area (Å²) in [5, 5.41) is 11.3. The molecule has 0 N–H and O–H groups in total. The number of methoxy groups -OCH3 is 2. The summed E-state index contributed by atoms with van der Waals surface area (Å²) in [7, 11) is 3.04. The summed E-state index contributed by atoms with van der Waals surface area (Å²) in [5.74, 6) is 0.381. The Kier molecular flexibility index (Phi) is 7.58. The SMILES string of the molecule is CCOC(=O)C1=C(C)N=c2sc(=Cc3cccn3-c3cccc([N+](=O)[O-])c3)c(=O)n2C1c1ccc(OC)c(OC)c1. The van der Waals surface area contributed by atoms with Crippen LogP contribution in [0.25, 0.3) is 11.8 Å². The number of esters is 1. The lowest BCUT2D eigenvalue weighted by atomic mass is 9.95. The van der Waals surface area contributed by atoms with E-state index in [0.717, 1.165) is 0 Å². The number of ether oxygens (including phenoxy) is 3. The van der Waals surface area contributed by atoms with Gasteiger partial charge in [0.2, 0.25) is 0 Å². The largest absolute Gasteiger partial charge is 0.493 e. The van der Waals surface area contributed by atoms with Gasteiger partial charge in [-0.25, -0.2) is 9.79 Å². The first kappa shape index (κ1) is 27.6. The zero-order chi connectivity index (χ0) is 29.3. The Bertz CT molecular complexity index is 1880. The number of nitrogens with zero attached hydrogens (tertiary/aromatic N) is 4. The summed E-state index contributed by atoms with van der Waals surface area (Å²) in [6, 6.07) is 14.2. The number of thiazole rings is 1. The van der Waals surface area contributed by atoms with E-state index in [0.29, 0.717) is 43.5 Å². The molecule has 0 bridgehead atoms. The van der Waals surface area contributed by atoms with Crippen LogP contribution in [0.1, 0.15) is 31.1 Å². The van der Waals surface area contributed by atoms with Crippen LogP contribution >= 0.6 is 11.3 Å². The van der Waals surface area contributed by atoms with E-state index in [9.17, 15) is 19.7 Å². The third-order valence-electron chi connectivity index (χ3n) is 6.62. The zero-order valence-corrected chi connectivity index (χ0v) is 23.5. The number of aromatic nitrogens is 2. The number of benzene rings is 2. The maximum atomic E-state index is 14.0. The summed E-state index contributed by atoms with van der Waals surface area (Å²) in [5.41, 5.74) is 2.13. The molecule has 3 heterocycles. The summed E-state index contributed by atoms with van der Waals surface area (Å²) >= 11 is 1.18. The summed E-state index contributed by atoms with van der Waals surface area (Å²) in [6.07, 6.45) is 3.47. The number of hydrogen-bond acceptors (Lipinski definition) is 9. The van der Waals surface area contributed by atoms with Crippen LogP contribution in [0.15, 0.2) is 81.9 Å². The van der Waals surface area contributed by atoms with E-state index in [-0.39, 0.29) is 23.4 Å². The standard InChI is InChI=1S/C29H26N4O7S/c1-5-40-28(35)25-17(2)30-29-32(26(25)18-11-12-22(38-3)23(14-18)39-4)27(34)24(41-29)16-20-10-7-13-31(20)19-8-6-9-21(15-19)33(36)37/h6-16,26H,5H2,1-4H3. The third kappa shape index (κ3) is 5.05. The Morgan fingerprint density at radius 3 is 2.61 bits per heavy atom. The predicted octanol–water partition coefficient (Wildman–Crippen LogP) is 3.51. The highest BCUT2D eigenvalue weighted by Crippen LogP contribution is 2.36. The van der Waals surface area contributed by atoms with Gasteiger partial charge in [-0.2, -0.15) is 0 Å². The zero-order valence-electron chi connectivity index (χ0n) is 22.7. The van der Waals surface area contributed by atoms with Crippen molar-refractivity contribution >= 4 is 29.1 Å². The van der Waals surface area contributed by atoms with Crippen LogP contribution in [-0.2, 0) is 9.53 Å². The second-order valence-corrected chi connectivity index (χ2v) is 10.0. The molecule has 1 aliphatic rings. The van der Waals surface area contributed by atoms with Crippen LogP contribution in [-0.4, -0.2) is 40.9 Å². The molecule has 0 radical (unpaired) electrons. The first-order chi connectivity index (χ1) is 19.8. The molecule has 12 heteroatoms. The first-order valence-corrected chi connectivity index (χ1v) is 13.4. The molecule has 1 unspecified atom stereocenters. The maximum Gasteiger partial charge on any atom is 0.338 e. The van der Waals surface area contributed by atoms with Crippen molar-refractivity contribution in [1.82, 2.24) is 9.13 Å². The summed E-state index contributed by atoms with van der Waals surface area (Å²) in [4.78, 5) is 43.0. The van der Waals surface area contributed by atoms with Crippen molar-refractivity contribution in [3.63, 3.8) is 0 Å². The van der Waals surface area contributed by atoms with Crippen molar-refractivity contribution in [2.45, 2.75) is 19.9 Å². The van der Waals surface area contributed by atoms with Crippen molar-refractivity contribution in [1.29, 1.82) is 0 Å². The Morgan fingerprint density at radius 2 is 1.90 bits per heavy atom. The molecular formula is C29H26N4O7S. The second kappa shape index (κ2) is 11.3. The fourth-order valence-corrected chi connectivity index (χ4v) is 5.80. The van der Waals surface area contributed by atoms with E-state index in [1.807, 2.05) is 0 Å². The second-order valence-electron chi connectivity index (χ2n) is 9.00. The van der Waals surface area contributed by atoms with Gasteiger partial charge < -0.3 is 18.8 Å². The van der Waals surface area contributed by atoms with Gasteiger partial charge in [-0.3, -0.25) is 19.5 Å². The fourth-order valence-electron chi connectivity index (χ4n) is 4.77. The third-order valence-corrected chi connectivity index (χ3v) is 7.60. The van der Waals surface area contributed by atoms with Crippen LogP contribution < -0.4 is 24.4 Å². The van der Waals surface area contributed by atoms with E-state index in [1.54, 1.807) is 73.2 Å². The number of carbonyl (C=O) groups is 1. The molecule has 5 rings (SSSR count). The molecule has 1 aliphatic heterocycles. The number of non-ortho nitro benzene ring substituents is 1. The highest BCUT2D eigenvalue weighted by atomic mass is 32.1. The molecule has 0 saturated heterocycles. The van der Waals surface area contributed by atoms with Gasteiger partial charge in [-0.1, -0.05) is 23.5 Å². The molecule has 0 saturated carbocycles. The van der Waals surface area contributed by atoms with E-state index >= 15 is 0 Å². The smallest absolute Gasteiger partial charge is 0.338 e. The highest BCUT2D eigenvalue weighted by Gasteiger charge is 2.34. The number of fused-ring (bicyclic) bond motifs is 1. The Labute approximate surface area is 238 Å². The van der Waals surface area contributed by atoms with Crippen LogP contribution in [0.4, 0.5) is 5.69 Å². The highest BCUT2D eigenvalue weighted by molar-refractivity contribution is 7.07. The van der Waals surface area contributed by atoms with Crippen LogP contribution in [0.3, 0.4) is 0 Å². The van der Waals surface area contributed by atoms with Crippen molar-refractivity contribution in [3.8, 4) is 17.2 Å². The van der Waals surface area contributed by atoms with Crippen LogP contribution in [0.2, 0.25) is 0 Å². The summed E-state index contributed by atoms with van der Waals surface area (Å²) < 4.78 is 19.8. The molecule has 0 spiro atoms. The summed E-state index contributed by atoms with van der Waals surface area (Å²) in [6.45, 7) is 3.59. The van der Waals surface area contributed by atoms with E-state index < -0.39 is 16.9 Å². The molecule has 2 aromatic heterocycles. The minimum atomic E-state index is -0.823. The van der Waals surface area contributed by atoms with Gasteiger partial charge in [0.25, 0.3) is 11.2 Å². The number of hydrogen-bond donors (Lipinski definition) is 0. The number of nitro benzene ring substituents is 1. The number of allylic oxidation sites excluding steroid dienone is 1. The quantitative estimate of drug-likeness (QED) is 0.179. The predicted molar refractivity (Wildman–Crippen MR) is 152 cm³/mol. The number of carbonyl (C=O) groups excluding carboxylic acids is 1. The van der Waals surface area contributed by atoms with Crippen molar-refractivity contribution in [2.75, 3.05) is 20.8 Å². The average Bonchev–Trinajstić information content (AvgIpc) is 3.56. The van der Waals surface area contributed by atoms with Crippen molar-refractivity contribution in [2.24, 2.45) is 4.99 Å². The van der Waals surface area contributed by atoms with Crippen LogP contribution in [0, 0.1) is 10.1 Å². The monoisotopic (exact) mass is 574 g/mol. The van der Waals surface area contributed by atoms with Gasteiger partial charge in [0.15, 0.2) is 16.3 Å². The van der Waals surface area contributed by atoms with Gasteiger partial charge in [-0.05, 0) is 55.8 Å². The van der Waals surface area contributed by atoms with Gasteiger partial charge >= 0.3 is 5.97 Å². The number of rotatable bonds is 8. The average molecular weight is 575 g/mol. The number of nitro groups is 1. The first-order valence-electron chi connectivity index (χ1n) is 12.6. The van der Waals surface area contributed by atoms with Crippen molar-refractivity contribution in [3.05, 3.63) is 113 Å². The molecule has 210 valence electrons. The van der Waals surface area contributed by atoms with E-state index in [4.69, 9.17) is 14.2 Å². The molecular weight excluding hydrogens is 548 g/mol. The molecule has 2 aromatic carbocycles. The Balaban J connectivity index is 1.70. The maximum absolute atomic E-state index is 14.0. The molecule has 11 nitrogen and oxygen atoms in total.